The van der Waals surface area contributed by atoms with E-state index in [-0.39, 0.29) is 5.91 Å². The number of amides is 1. The zero-order valence-corrected chi connectivity index (χ0v) is 14.7. The zero-order chi connectivity index (χ0) is 15.9. The molecule has 22 heavy (non-hydrogen) atoms. The predicted molar refractivity (Wildman–Crippen MR) is 94.3 cm³/mol. The maximum absolute atomic E-state index is 11.7. The Labute approximate surface area is 138 Å². The van der Waals surface area contributed by atoms with Crippen molar-refractivity contribution in [3.63, 3.8) is 0 Å². The van der Waals surface area contributed by atoms with Gasteiger partial charge in [0, 0.05) is 45.6 Å². The number of pyridine rings is 1. The fourth-order valence-corrected chi connectivity index (χ4v) is 3.42. The minimum absolute atomic E-state index is 0.233. The van der Waals surface area contributed by atoms with Crippen molar-refractivity contribution in [1.29, 1.82) is 0 Å². The average Bonchev–Trinajstić information content (AvgIpc) is 2.54. The van der Waals surface area contributed by atoms with E-state index < -0.39 is 0 Å². The van der Waals surface area contributed by atoms with E-state index in [2.05, 4.69) is 28.3 Å². The number of hydrogen-bond acceptors (Lipinski definition) is 4. The van der Waals surface area contributed by atoms with Crippen molar-refractivity contribution in [3.05, 3.63) is 23.9 Å². The highest BCUT2D eigenvalue weighted by atomic mass is 32.2. The van der Waals surface area contributed by atoms with Gasteiger partial charge in [0.1, 0.15) is 5.82 Å². The standard InChI is InChI=1S/C17H27N3OS/c1-19(2)17(21)9-7-14-5-4-10-20(12-14)16-8-6-15(11-18-16)13-22-3/h6,8,11,14H,4-5,7,9-10,12-13H2,1-3H3/t14-/m1/s1. The SMILES string of the molecule is CSCc1ccc(N2CCC[C@H](CCC(=O)N(C)C)C2)nc1. The van der Waals surface area contributed by atoms with Crippen LogP contribution in [0.4, 0.5) is 5.82 Å². The fraction of sp³-hybridized carbons (Fsp3) is 0.647. The lowest BCUT2D eigenvalue weighted by Gasteiger charge is -2.33. The second-order valence-electron chi connectivity index (χ2n) is 6.24. The molecule has 0 aromatic carbocycles. The van der Waals surface area contributed by atoms with Crippen molar-refractivity contribution in [2.75, 3.05) is 38.3 Å². The van der Waals surface area contributed by atoms with Gasteiger partial charge in [-0.15, -0.1) is 0 Å². The summed E-state index contributed by atoms with van der Waals surface area (Å²) in [5.74, 6) is 2.93. The molecule has 1 aliphatic heterocycles. The normalized spacial score (nSPS) is 18.3. The van der Waals surface area contributed by atoms with Crippen LogP contribution < -0.4 is 4.90 Å². The summed E-state index contributed by atoms with van der Waals surface area (Å²) in [5, 5.41) is 0. The Hall–Kier alpha value is -1.23. The number of rotatable bonds is 6. The number of carbonyl (C=O) groups is 1. The molecule has 1 saturated heterocycles. The molecular weight excluding hydrogens is 294 g/mol. The van der Waals surface area contributed by atoms with Gasteiger partial charge in [0.25, 0.3) is 0 Å². The summed E-state index contributed by atoms with van der Waals surface area (Å²) in [6, 6.07) is 4.32. The third-order valence-corrected chi connectivity index (χ3v) is 4.85. The number of piperidine rings is 1. The molecule has 0 aliphatic carbocycles. The number of anilines is 1. The Morgan fingerprint density at radius 2 is 2.27 bits per heavy atom. The largest absolute Gasteiger partial charge is 0.356 e. The number of carbonyl (C=O) groups excluding carboxylic acids is 1. The molecule has 1 aromatic rings. The van der Waals surface area contributed by atoms with Crippen molar-refractivity contribution in [1.82, 2.24) is 9.88 Å². The van der Waals surface area contributed by atoms with Crippen molar-refractivity contribution in [2.24, 2.45) is 5.92 Å². The Morgan fingerprint density at radius 3 is 2.91 bits per heavy atom. The molecule has 0 bridgehead atoms. The number of nitrogens with zero attached hydrogens (tertiary/aromatic N) is 3. The van der Waals surface area contributed by atoms with Gasteiger partial charge >= 0.3 is 0 Å². The summed E-state index contributed by atoms with van der Waals surface area (Å²) in [5.41, 5.74) is 1.28. The Bertz CT molecular complexity index is 475. The molecule has 2 heterocycles. The number of aromatic nitrogens is 1. The van der Waals surface area contributed by atoms with Gasteiger partial charge in [0.15, 0.2) is 0 Å². The van der Waals surface area contributed by atoms with Crippen LogP contribution in [-0.2, 0) is 10.5 Å². The van der Waals surface area contributed by atoms with E-state index in [0.29, 0.717) is 12.3 Å². The first-order valence-electron chi connectivity index (χ1n) is 7.99. The predicted octanol–water partition coefficient (Wildman–Crippen LogP) is 3.03. The molecule has 0 spiro atoms. The molecule has 1 aromatic heterocycles. The van der Waals surface area contributed by atoms with Crippen molar-refractivity contribution in [2.45, 2.75) is 31.4 Å². The van der Waals surface area contributed by atoms with Gasteiger partial charge in [0.2, 0.25) is 5.91 Å². The molecule has 1 aliphatic rings. The van der Waals surface area contributed by atoms with E-state index >= 15 is 0 Å². The highest BCUT2D eigenvalue weighted by Gasteiger charge is 2.21. The van der Waals surface area contributed by atoms with Crippen LogP contribution in [0.5, 0.6) is 0 Å². The van der Waals surface area contributed by atoms with Gasteiger partial charge in [-0.05, 0) is 43.1 Å². The lowest BCUT2D eigenvalue weighted by Crippen LogP contribution is -2.36. The Kier molecular flexibility index (Phi) is 6.55. The summed E-state index contributed by atoms with van der Waals surface area (Å²) in [7, 11) is 3.66. The van der Waals surface area contributed by atoms with Crippen LogP contribution >= 0.6 is 11.8 Å². The van der Waals surface area contributed by atoms with Crippen LogP contribution in [0.2, 0.25) is 0 Å². The minimum atomic E-state index is 0.233. The van der Waals surface area contributed by atoms with Crippen LogP contribution in [0.3, 0.4) is 0 Å². The minimum Gasteiger partial charge on any atom is -0.356 e. The van der Waals surface area contributed by atoms with E-state index in [9.17, 15) is 4.79 Å². The smallest absolute Gasteiger partial charge is 0.222 e. The topological polar surface area (TPSA) is 36.4 Å². The van der Waals surface area contributed by atoms with Gasteiger partial charge in [0.05, 0.1) is 0 Å². The first-order valence-corrected chi connectivity index (χ1v) is 9.38. The molecule has 4 nitrogen and oxygen atoms in total. The quantitative estimate of drug-likeness (QED) is 0.807. The van der Waals surface area contributed by atoms with E-state index in [0.717, 1.165) is 31.1 Å². The molecule has 0 unspecified atom stereocenters. The zero-order valence-electron chi connectivity index (χ0n) is 13.9. The van der Waals surface area contributed by atoms with Crippen LogP contribution in [-0.4, -0.2) is 49.2 Å². The molecule has 0 saturated carbocycles. The monoisotopic (exact) mass is 321 g/mol. The Morgan fingerprint density at radius 1 is 1.45 bits per heavy atom. The number of thioether (sulfide) groups is 1. The third-order valence-electron chi connectivity index (χ3n) is 4.23. The van der Waals surface area contributed by atoms with Crippen molar-refractivity contribution >= 4 is 23.5 Å². The summed E-state index contributed by atoms with van der Waals surface area (Å²) < 4.78 is 0. The molecular formula is C17H27N3OS. The molecule has 1 amide bonds. The van der Waals surface area contributed by atoms with Crippen molar-refractivity contribution in [3.8, 4) is 0 Å². The summed E-state index contributed by atoms with van der Waals surface area (Å²) in [6.45, 7) is 2.10. The Balaban J connectivity index is 1.88. The molecule has 1 atom stereocenters. The highest BCUT2D eigenvalue weighted by molar-refractivity contribution is 7.97. The third kappa shape index (κ3) is 4.90. The van der Waals surface area contributed by atoms with Crippen LogP contribution in [0.1, 0.15) is 31.2 Å². The maximum Gasteiger partial charge on any atom is 0.222 e. The lowest BCUT2D eigenvalue weighted by molar-refractivity contribution is -0.129. The molecule has 1 fully saturated rings. The fourth-order valence-electron chi connectivity index (χ4n) is 2.92. The summed E-state index contributed by atoms with van der Waals surface area (Å²) in [4.78, 5) is 20.4. The molecule has 0 N–H and O–H groups in total. The van der Waals surface area contributed by atoms with E-state index in [1.54, 1.807) is 4.90 Å². The molecule has 122 valence electrons. The van der Waals surface area contributed by atoms with E-state index in [1.165, 1.54) is 18.4 Å². The first kappa shape index (κ1) is 17.1. The average molecular weight is 321 g/mol. The van der Waals surface area contributed by atoms with Gasteiger partial charge in [-0.2, -0.15) is 11.8 Å². The molecule has 5 heteroatoms. The highest BCUT2D eigenvalue weighted by Crippen LogP contribution is 2.25. The first-order chi connectivity index (χ1) is 10.6. The summed E-state index contributed by atoms with van der Waals surface area (Å²) >= 11 is 1.82. The summed E-state index contributed by atoms with van der Waals surface area (Å²) in [6.07, 6.45) is 8.16. The van der Waals surface area contributed by atoms with E-state index in [4.69, 9.17) is 0 Å². The lowest BCUT2D eigenvalue weighted by atomic mass is 9.93. The maximum atomic E-state index is 11.7. The van der Waals surface area contributed by atoms with E-state index in [1.807, 2.05) is 32.1 Å². The second kappa shape index (κ2) is 8.42. The van der Waals surface area contributed by atoms with Crippen LogP contribution in [0.25, 0.3) is 0 Å². The van der Waals surface area contributed by atoms with Gasteiger partial charge < -0.3 is 9.80 Å². The van der Waals surface area contributed by atoms with Crippen molar-refractivity contribution < 1.29 is 4.79 Å². The van der Waals surface area contributed by atoms with Crippen LogP contribution in [0, 0.1) is 5.92 Å². The van der Waals surface area contributed by atoms with Gasteiger partial charge in [-0.1, -0.05) is 6.07 Å². The number of hydrogen-bond donors (Lipinski definition) is 0. The van der Waals surface area contributed by atoms with Gasteiger partial charge in [-0.25, -0.2) is 4.98 Å². The second-order valence-corrected chi connectivity index (χ2v) is 7.10. The van der Waals surface area contributed by atoms with Crippen LogP contribution in [0.15, 0.2) is 18.3 Å². The molecule has 2 rings (SSSR count). The van der Waals surface area contributed by atoms with Gasteiger partial charge in [-0.3, -0.25) is 4.79 Å². The molecule has 0 radical (unpaired) electrons.